The lowest BCUT2D eigenvalue weighted by Gasteiger charge is -2.31. The Labute approximate surface area is 119 Å². The van der Waals surface area contributed by atoms with Gasteiger partial charge in [0.1, 0.15) is 0 Å². The first kappa shape index (κ1) is 13.3. The summed E-state index contributed by atoms with van der Waals surface area (Å²) >= 11 is 0. The Hall–Kier alpha value is -1.65. The maximum absolute atomic E-state index is 11.9. The molecule has 2 fully saturated rings. The van der Waals surface area contributed by atoms with E-state index in [4.69, 9.17) is 4.52 Å². The number of piperidine rings is 1. The number of carbonyl (C=O) groups is 1. The summed E-state index contributed by atoms with van der Waals surface area (Å²) in [7, 11) is 0. The molecule has 2 heterocycles. The van der Waals surface area contributed by atoms with Crippen LogP contribution in [0.1, 0.15) is 50.2 Å². The van der Waals surface area contributed by atoms with Gasteiger partial charge in [-0.05, 0) is 44.6 Å². The van der Waals surface area contributed by atoms with Crippen molar-refractivity contribution in [2.45, 2.75) is 44.9 Å². The van der Waals surface area contributed by atoms with Crippen LogP contribution in [0.2, 0.25) is 0 Å². The minimum absolute atomic E-state index is 0.112. The number of likely N-dealkylation sites (tertiary alicyclic amines) is 1. The van der Waals surface area contributed by atoms with Crippen LogP contribution in [0, 0.1) is 5.92 Å². The molecule has 0 radical (unpaired) electrons. The molecule has 5 heteroatoms. The largest absolute Gasteiger partial charge is 0.339 e. The van der Waals surface area contributed by atoms with Gasteiger partial charge in [-0.3, -0.25) is 4.79 Å². The van der Waals surface area contributed by atoms with E-state index in [2.05, 4.69) is 10.1 Å². The minimum Gasteiger partial charge on any atom is -0.339 e. The van der Waals surface area contributed by atoms with Crippen LogP contribution in [-0.4, -0.2) is 34.0 Å². The van der Waals surface area contributed by atoms with E-state index in [0.29, 0.717) is 11.8 Å². The van der Waals surface area contributed by atoms with Crippen LogP contribution in [0.4, 0.5) is 0 Å². The topological polar surface area (TPSA) is 59.2 Å². The first-order chi connectivity index (χ1) is 9.76. The van der Waals surface area contributed by atoms with Gasteiger partial charge in [-0.2, -0.15) is 4.98 Å². The van der Waals surface area contributed by atoms with E-state index < -0.39 is 0 Å². The third-order valence-corrected chi connectivity index (χ3v) is 4.03. The van der Waals surface area contributed by atoms with Crippen molar-refractivity contribution in [1.29, 1.82) is 0 Å². The average molecular weight is 275 g/mol. The molecule has 3 rings (SSSR count). The van der Waals surface area contributed by atoms with E-state index in [9.17, 15) is 4.79 Å². The molecule has 1 amide bonds. The number of rotatable bonds is 4. The fourth-order valence-electron chi connectivity index (χ4n) is 2.79. The second kappa shape index (κ2) is 5.77. The molecule has 20 heavy (non-hydrogen) atoms. The smallest absolute Gasteiger partial charge is 0.246 e. The number of nitrogens with zero attached hydrogens (tertiary/aromatic N) is 3. The van der Waals surface area contributed by atoms with E-state index in [1.54, 1.807) is 12.2 Å². The van der Waals surface area contributed by atoms with Crippen LogP contribution in [0.15, 0.2) is 16.7 Å². The predicted octanol–water partition coefficient (Wildman–Crippen LogP) is 2.30. The highest BCUT2D eigenvalue weighted by atomic mass is 16.5. The molecule has 1 aromatic heterocycles. The number of aromatic nitrogens is 2. The molecule has 1 aliphatic carbocycles. The quantitative estimate of drug-likeness (QED) is 0.791. The molecule has 0 aromatic carbocycles. The molecule has 0 spiro atoms. The summed E-state index contributed by atoms with van der Waals surface area (Å²) in [5.41, 5.74) is 0. The molecule has 5 nitrogen and oxygen atoms in total. The number of hydrogen-bond acceptors (Lipinski definition) is 4. The molecule has 1 atom stereocenters. The van der Waals surface area contributed by atoms with Gasteiger partial charge < -0.3 is 9.42 Å². The highest BCUT2D eigenvalue weighted by Gasteiger charge is 2.30. The van der Waals surface area contributed by atoms with Gasteiger partial charge in [0.2, 0.25) is 11.8 Å². The Morgan fingerprint density at radius 2 is 2.30 bits per heavy atom. The van der Waals surface area contributed by atoms with Crippen molar-refractivity contribution in [1.82, 2.24) is 15.0 Å². The molecule has 0 bridgehead atoms. The standard InChI is InChI=1S/C15H21N3O2/c1-2-4-14(19)18-8-3-5-11(10-18)9-13-16-15(17-20-13)12-6-7-12/h2,4,11-12H,3,5-10H2,1H3. The van der Waals surface area contributed by atoms with Crippen molar-refractivity contribution in [2.75, 3.05) is 13.1 Å². The number of hydrogen-bond donors (Lipinski definition) is 0. The molecule has 1 saturated carbocycles. The molecule has 2 aliphatic rings. The third kappa shape index (κ3) is 3.08. The Bertz CT molecular complexity index is 505. The maximum atomic E-state index is 11.9. The van der Waals surface area contributed by atoms with E-state index in [-0.39, 0.29) is 5.91 Å². The third-order valence-electron chi connectivity index (χ3n) is 4.03. The van der Waals surface area contributed by atoms with Crippen molar-refractivity contribution in [3.63, 3.8) is 0 Å². The fraction of sp³-hybridized carbons (Fsp3) is 0.667. The summed E-state index contributed by atoms with van der Waals surface area (Å²) in [6.07, 6.45) is 8.78. The summed E-state index contributed by atoms with van der Waals surface area (Å²) in [4.78, 5) is 18.3. The SMILES string of the molecule is CC=CC(=O)N1CCCC(Cc2nc(C3CC3)no2)C1. The summed E-state index contributed by atoms with van der Waals surface area (Å²) in [6.45, 7) is 3.53. The van der Waals surface area contributed by atoms with Gasteiger partial charge in [0.05, 0.1) is 0 Å². The summed E-state index contributed by atoms with van der Waals surface area (Å²) in [5, 5.41) is 4.05. The lowest BCUT2D eigenvalue weighted by atomic mass is 9.94. The van der Waals surface area contributed by atoms with Crippen LogP contribution < -0.4 is 0 Å². The lowest BCUT2D eigenvalue weighted by Crippen LogP contribution is -2.39. The second-order valence-corrected chi connectivity index (χ2v) is 5.82. The van der Waals surface area contributed by atoms with Gasteiger partial charge in [0.25, 0.3) is 0 Å². The van der Waals surface area contributed by atoms with E-state index in [1.165, 1.54) is 12.8 Å². The fourth-order valence-corrected chi connectivity index (χ4v) is 2.79. The van der Waals surface area contributed by atoms with Crippen molar-refractivity contribution < 1.29 is 9.32 Å². The van der Waals surface area contributed by atoms with Crippen LogP contribution in [0.25, 0.3) is 0 Å². The first-order valence-electron chi connectivity index (χ1n) is 7.50. The monoisotopic (exact) mass is 275 g/mol. The van der Waals surface area contributed by atoms with Crippen LogP contribution >= 0.6 is 0 Å². The zero-order valence-corrected chi connectivity index (χ0v) is 11.9. The summed E-state index contributed by atoms with van der Waals surface area (Å²) < 4.78 is 5.33. The Morgan fingerprint density at radius 3 is 3.05 bits per heavy atom. The normalized spacial score (nSPS) is 23.4. The summed E-state index contributed by atoms with van der Waals surface area (Å²) in [5.74, 6) is 2.69. The number of allylic oxidation sites excluding steroid dienone is 1. The minimum atomic E-state index is 0.112. The van der Waals surface area contributed by atoms with Crippen molar-refractivity contribution in [3.05, 3.63) is 23.9 Å². The van der Waals surface area contributed by atoms with E-state index in [1.807, 2.05) is 11.8 Å². The zero-order valence-electron chi connectivity index (χ0n) is 11.9. The lowest BCUT2D eigenvalue weighted by molar-refractivity contribution is -0.127. The molecule has 1 aliphatic heterocycles. The van der Waals surface area contributed by atoms with Crippen molar-refractivity contribution >= 4 is 5.91 Å². The van der Waals surface area contributed by atoms with Crippen molar-refractivity contribution in [3.8, 4) is 0 Å². The Kier molecular flexibility index (Phi) is 3.85. The van der Waals surface area contributed by atoms with Gasteiger partial charge in [0.15, 0.2) is 5.82 Å². The number of amides is 1. The van der Waals surface area contributed by atoms with Gasteiger partial charge >= 0.3 is 0 Å². The molecule has 0 N–H and O–H groups in total. The zero-order chi connectivity index (χ0) is 13.9. The van der Waals surface area contributed by atoms with E-state index >= 15 is 0 Å². The molecule has 1 aromatic rings. The average Bonchev–Trinajstić information content (AvgIpc) is 3.20. The molecule has 108 valence electrons. The maximum Gasteiger partial charge on any atom is 0.246 e. The molecular formula is C15H21N3O2. The van der Waals surface area contributed by atoms with Gasteiger partial charge in [-0.15, -0.1) is 0 Å². The molecule has 1 unspecified atom stereocenters. The van der Waals surface area contributed by atoms with Gasteiger partial charge in [0, 0.05) is 25.4 Å². The highest BCUT2D eigenvalue weighted by molar-refractivity contribution is 5.87. The molecule has 1 saturated heterocycles. The molecular weight excluding hydrogens is 254 g/mol. The Morgan fingerprint density at radius 1 is 1.45 bits per heavy atom. The van der Waals surface area contributed by atoms with Gasteiger partial charge in [-0.25, -0.2) is 0 Å². The summed E-state index contributed by atoms with van der Waals surface area (Å²) in [6, 6.07) is 0. The highest BCUT2D eigenvalue weighted by Crippen LogP contribution is 2.38. The van der Waals surface area contributed by atoms with Crippen LogP contribution in [-0.2, 0) is 11.2 Å². The number of carbonyl (C=O) groups excluding carboxylic acids is 1. The van der Waals surface area contributed by atoms with Crippen LogP contribution in [0.3, 0.4) is 0 Å². The Balaban J connectivity index is 1.57. The first-order valence-corrected chi connectivity index (χ1v) is 7.50. The van der Waals surface area contributed by atoms with Gasteiger partial charge in [-0.1, -0.05) is 11.2 Å². The second-order valence-electron chi connectivity index (χ2n) is 5.82. The van der Waals surface area contributed by atoms with Crippen LogP contribution in [0.5, 0.6) is 0 Å². The van der Waals surface area contributed by atoms with Crippen molar-refractivity contribution in [2.24, 2.45) is 5.92 Å². The van der Waals surface area contributed by atoms with E-state index in [0.717, 1.165) is 44.1 Å². The predicted molar refractivity (Wildman–Crippen MR) is 74.1 cm³/mol.